The Morgan fingerprint density at radius 1 is 1.35 bits per heavy atom. The summed E-state index contributed by atoms with van der Waals surface area (Å²) in [5.41, 5.74) is 1.03. The minimum absolute atomic E-state index is 0.0355. The summed E-state index contributed by atoms with van der Waals surface area (Å²) in [6, 6.07) is 10.00. The molecule has 4 heteroatoms. The second kappa shape index (κ2) is 6.97. The third-order valence-electron chi connectivity index (χ3n) is 3.45. The lowest BCUT2D eigenvalue weighted by Gasteiger charge is -2.39. The van der Waals surface area contributed by atoms with Crippen LogP contribution in [0.5, 0.6) is 0 Å². The highest BCUT2D eigenvalue weighted by molar-refractivity contribution is 5.77. The van der Waals surface area contributed by atoms with E-state index in [2.05, 4.69) is 19.2 Å². The fraction of sp³-hybridized carbons (Fsp3) is 0.562. The maximum Gasteiger partial charge on any atom is 0.184 e. The van der Waals surface area contributed by atoms with Crippen LogP contribution >= 0.6 is 0 Å². The van der Waals surface area contributed by atoms with Gasteiger partial charge in [0.2, 0.25) is 0 Å². The lowest BCUT2D eigenvalue weighted by atomic mass is 9.98. The lowest BCUT2D eigenvalue weighted by molar-refractivity contribution is -0.238. The van der Waals surface area contributed by atoms with Crippen LogP contribution < -0.4 is 5.32 Å². The molecule has 0 aromatic heterocycles. The number of hydrogen-bond acceptors (Lipinski definition) is 4. The molecule has 0 radical (unpaired) electrons. The number of ether oxygens (including phenoxy) is 2. The first-order valence-corrected chi connectivity index (χ1v) is 7.12. The summed E-state index contributed by atoms with van der Waals surface area (Å²) in [7, 11) is 0. The van der Waals surface area contributed by atoms with Gasteiger partial charge in [0, 0.05) is 5.56 Å². The van der Waals surface area contributed by atoms with Crippen LogP contribution in [0.4, 0.5) is 0 Å². The molecule has 0 aliphatic carbocycles. The van der Waals surface area contributed by atoms with Crippen molar-refractivity contribution in [2.75, 3.05) is 13.2 Å². The summed E-state index contributed by atoms with van der Waals surface area (Å²) in [6.45, 7) is 6.74. The van der Waals surface area contributed by atoms with E-state index < -0.39 is 0 Å². The molecule has 0 bridgehead atoms. The van der Waals surface area contributed by atoms with Crippen molar-refractivity contribution in [3.63, 3.8) is 0 Å². The van der Waals surface area contributed by atoms with E-state index in [1.54, 1.807) is 6.92 Å². The number of rotatable bonds is 5. The molecule has 0 amide bonds. The number of carbonyl (C=O) groups excluding carboxylic acids is 1. The van der Waals surface area contributed by atoms with Crippen molar-refractivity contribution in [2.45, 2.75) is 39.2 Å². The van der Waals surface area contributed by atoms with Crippen LogP contribution in [0.15, 0.2) is 30.3 Å². The predicted octanol–water partition coefficient (Wildman–Crippen LogP) is 2.30. The number of ketones is 1. The quantitative estimate of drug-likeness (QED) is 0.897. The van der Waals surface area contributed by atoms with Gasteiger partial charge >= 0.3 is 0 Å². The molecule has 0 saturated carbocycles. The largest absolute Gasteiger partial charge is 0.347 e. The Labute approximate surface area is 120 Å². The van der Waals surface area contributed by atoms with Gasteiger partial charge in [-0.3, -0.25) is 4.79 Å². The molecule has 3 unspecified atom stereocenters. The summed E-state index contributed by atoms with van der Waals surface area (Å²) in [4.78, 5) is 11.1. The van der Waals surface area contributed by atoms with E-state index in [1.165, 1.54) is 0 Å². The molecule has 1 N–H and O–H groups in total. The Balaban J connectivity index is 2.02. The van der Waals surface area contributed by atoms with E-state index in [4.69, 9.17) is 9.47 Å². The predicted molar refractivity (Wildman–Crippen MR) is 77.3 cm³/mol. The van der Waals surface area contributed by atoms with Crippen molar-refractivity contribution in [1.82, 2.24) is 5.32 Å². The molecule has 1 aromatic rings. The number of hydrogen-bond donors (Lipinski definition) is 1. The third kappa shape index (κ3) is 3.88. The highest BCUT2D eigenvalue weighted by Crippen LogP contribution is 2.29. The Hall–Kier alpha value is -1.23. The van der Waals surface area contributed by atoms with E-state index in [-0.39, 0.29) is 24.2 Å². The van der Waals surface area contributed by atoms with Gasteiger partial charge in [-0.25, -0.2) is 0 Å². The molecule has 1 fully saturated rings. The smallest absolute Gasteiger partial charge is 0.184 e. The maximum atomic E-state index is 11.1. The highest BCUT2D eigenvalue weighted by atomic mass is 16.7. The van der Waals surface area contributed by atoms with Crippen LogP contribution in [0.25, 0.3) is 0 Å². The zero-order valence-electron chi connectivity index (χ0n) is 12.3. The average Bonchev–Trinajstić information content (AvgIpc) is 2.45. The van der Waals surface area contributed by atoms with Crippen molar-refractivity contribution >= 4 is 5.78 Å². The number of Topliss-reactive ketones (excluding diaryl/α,β-unsaturated/α-hetero) is 1. The first-order valence-electron chi connectivity index (χ1n) is 7.12. The van der Waals surface area contributed by atoms with Gasteiger partial charge < -0.3 is 14.8 Å². The van der Waals surface area contributed by atoms with Crippen molar-refractivity contribution in [2.24, 2.45) is 5.92 Å². The number of nitrogens with one attached hydrogen (secondary N) is 1. The van der Waals surface area contributed by atoms with E-state index in [0.29, 0.717) is 19.1 Å². The van der Waals surface area contributed by atoms with Gasteiger partial charge in [-0.1, -0.05) is 44.2 Å². The Bertz CT molecular complexity index is 433. The molecule has 4 nitrogen and oxygen atoms in total. The van der Waals surface area contributed by atoms with Crippen molar-refractivity contribution in [3.8, 4) is 0 Å². The molecule has 3 atom stereocenters. The Kier molecular flexibility index (Phi) is 5.29. The second-order valence-electron chi connectivity index (χ2n) is 5.61. The normalized spacial score (nSPS) is 26.7. The van der Waals surface area contributed by atoms with Gasteiger partial charge in [0.05, 0.1) is 25.3 Å². The van der Waals surface area contributed by atoms with Gasteiger partial charge in [0.1, 0.15) is 5.78 Å². The summed E-state index contributed by atoms with van der Waals surface area (Å²) >= 11 is 0. The SMILES string of the molecule is CC(=O)CNC1COC(c2ccccc2)OC1C(C)C. The summed E-state index contributed by atoms with van der Waals surface area (Å²) in [5, 5.41) is 3.22. The third-order valence-corrected chi connectivity index (χ3v) is 3.45. The molecule has 20 heavy (non-hydrogen) atoms. The van der Waals surface area contributed by atoms with Crippen LogP contribution in [0.2, 0.25) is 0 Å². The van der Waals surface area contributed by atoms with Crippen molar-refractivity contribution in [3.05, 3.63) is 35.9 Å². The van der Waals surface area contributed by atoms with Crippen molar-refractivity contribution < 1.29 is 14.3 Å². The first kappa shape index (κ1) is 15.2. The van der Waals surface area contributed by atoms with Crippen molar-refractivity contribution in [1.29, 1.82) is 0 Å². The zero-order valence-corrected chi connectivity index (χ0v) is 12.3. The minimum atomic E-state index is -0.320. The lowest BCUT2D eigenvalue weighted by Crippen LogP contribution is -2.52. The van der Waals surface area contributed by atoms with Gasteiger partial charge in [-0.15, -0.1) is 0 Å². The van der Waals surface area contributed by atoms with Crippen LogP contribution in [-0.4, -0.2) is 31.1 Å². The van der Waals surface area contributed by atoms with Crippen LogP contribution in [0.3, 0.4) is 0 Å². The number of carbonyl (C=O) groups is 1. The van der Waals surface area contributed by atoms with Gasteiger partial charge in [0.15, 0.2) is 6.29 Å². The van der Waals surface area contributed by atoms with E-state index in [1.807, 2.05) is 30.3 Å². The molecule has 1 saturated heterocycles. The standard InChI is InChI=1S/C16H23NO3/c1-11(2)15-14(17-9-12(3)18)10-19-16(20-15)13-7-5-4-6-8-13/h4-8,11,14-17H,9-10H2,1-3H3. The number of benzene rings is 1. The average molecular weight is 277 g/mol. The van der Waals surface area contributed by atoms with E-state index in [0.717, 1.165) is 5.56 Å². The fourth-order valence-corrected chi connectivity index (χ4v) is 2.42. The molecule has 1 aliphatic rings. The summed E-state index contributed by atoms with van der Waals surface area (Å²) < 4.78 is 11.9. The summed E-state index contributed by atoms with van der Waals surface area (Å²) in [6.07, 6.45) is -0.285. The highest BCUT2D eigenvalue weighted by Gasteiger charge is 2.34. The molecular formula is C16H23NO3. The van der Waals surface area contributed by atoms with Gasteiger partial charge in [0.25, 0.3) is 0 Å². The van der Waals surface area contributed by atoms with Crippen LogP contribution in [0.1, 0.15) is 32.6 Å². The second-order valence-corrected chi connectivity index (χ2v) is 5.61. The van der Waals surface area contributed by atoms with E-state index >= 15 is 0 Å². The molecule has 1 aliphatic heterocycles. The van der Waals surface area contributed by atoms with E-state index in [9.17, 15) is 4.79 Å². The maximum absolute atomic E-state index is 11.1. The topological polar surface area (TPSA) is 47.6 Å². The minimum Gasteiger partial charge on any atom is -0.347 e. The van der Waals surface area contributed by atoms with Crippen LogP contribution in [0, 0.1) is 5.92 Å². The van der Waals surface area contributed by atoms with Crippen LogP contribution in [-0.2, 0) is 14.3 Å². The molecule has 2 rings (SSSR count). The molecular weight excluding hydrogens is 254 g/mol. The fourth-order valence-electron chi connectivity index (χ4n) is 2.42. The van der Waals surface area contributed by atoms with Gasteiger partial charge in [-0.05, 0) is 12.8 Å². The molecule has 110 valence electrons. The van der Waals surface area contributed by atoms with Gasteiger partial charge in [-0.2, -0.15) is 0 Å². The molecule has 1 heterocycles. The summed E-state index contributed by atoms with van der Waals surface area (Å²) in [5.74, 6) is 0.479. The Morgan fingerprint density at radius 3 is 2.65 bits per heavy atom. The Morgan fingerprint density at radius 2 is 2.05 bits per heavy atom. The molecule has 0 spiro atoms. The molecule has 1 aromatic carbocycles. The zero-order chi connectivity index (χ0) is 14.5. The monoisotopic (exact) mass is 277 g/mol. The first-order chi connectivity index (χ1) is 9.58.